The van der Waals surface area contributed by atoms with Crippen molar-refractivity contribution in [2.75, 3.05) is 13.1 Å². The number of carbonyl (C=O) groups is 9. The first kappa shape index (κ1) is 60.7. The predicted octanol–water partition coefficient (Wildman–Crippen LogP) is 1.99. The summed E-state index contributed by atoms with van der Waals surface area (Å²) in [5.74, 6) is -7.46. The molecule has 1 unspecified atom stereocenters. The Balaban J connectivity index is 1.25. The molecule has 8 atom stereocenters. The van der Waals surface area contributed by atoms with Gasteiger partial charge in [-0.2, -0.15) is 0 Å². The Morgan fingerprint density at radius 2 is 0.976 bits per heavy atom. The van der Waals surface area contributed by atoms with Crippen molar-refractivity contribution in [2.24, 2.45) is 5.73 Å². The van der Waals surface area contributed by atoms with Gasteiger partial charge in [-0.25, -0.2) is 4.79 Å². The van der Waals surface area contributed by atoms with Crippen LogP contribution in [0.25, 0.3) is 21.8 Å². The SMILES string of the molecule is C[C@@H](O)[C@@H]1NC(=O)[C@H](CCCCN)NC(=O)[C@@H](Cc2c[nH]c3ccccc23)NC(=O)[C@H](Cc2c[nH]c3ccccc23)NC(=O)[C@H](Cc2ccccc2)NC(=O)CCCNC(=O)CCCC(C(=O)O)NC(=O)[C@H](Cc2ccccc2)NC1=O. The number of amides is 8. The number of aromatic amines is 2. The molecule has 0 aliphatic carbocycles. The molecule has 2 aromatic heterocycles. The number of aliphatic carboxylic acids is 1. The lowest BCUT2D eigenvalue weighted by Gasteiger charge is -2.29. The van der Waals surface area contributed by atoms with E-state index in [1.165, 1.54) is 6.92 Å². The Labute approximate surface area is 474 Å². The molecule has 1 saturated heterocycles. The third-order valence-electron chi connectivity index (χ3n) is 14.4. The van der Waals surface area contributed by atoms with Gasteiger partial charge in [0.2, 0.25) is 47.3 Å². The van der Waals surface area contributed by atoms with E-state index in [2.05, 4.69) is 52.5 Å². The summed E-state index contributed by atoms with van der Waals surface area (Å²) in [6.07, 6.45) is 2.04. The average Bonchev–Trinajstić information content (AvgIpc) is 4.09. The van der Waals surface area contributed by atoms with Crippen molar-refractivity contribution in [3.05, 3.63) is 144 Å². The highest BCUT2D eigenvalue weighted by atomic mass is 16.4. The largest absolute Gasteiger partial charge is 0.480 e. The number of para-hydroxylation sites is 2. The van der Waals surface area contributed by atoms with Crippen LogP contribution in [0.2, 0.25) is 0 Å². The first-order valence-electron chi connectivity index (χ1n) is 27.7. The molecule has 0 saturated carbocycles. The summed E-state index contributed by atoms with van der Waals surface area (Å²) < 4.78 is 0. The first-order chi connectivity index (χ1) is 39.6. The number of hydrogen-bond acceptors (Lipinski definition) is 11. The molecule has 4 aromatic carbocycles. The number of nitrogens with two attached hydrogens (primary N) is 1. The van der Waals surface area contributed by atoms with Crippen molar-refractivity contribution in [1.29, 1.82) is 0 Å². The van der Waals surface area contributed by atoms with Crippen molar-refractivity contribution in [2.45, 2.75) is 132 Å². The zero-order chi connectivity index (χ0) is 58.5. The van der Waals surface area contributed by atoms with Crippen LogP contribution in [0.4, 0.5) is 0 Å². The van der Waals surface area contributed by atoms with E-state index in [1.54, 1.807) is 73.1 Å². The number of aromatic nitrogens is 2. The fraction of sp³-hybridized carbons (Fsp3) is 0.383. The van der Waals surface area contributed by atoms with Gasteiger partial charge in [0.15, 0.2) is 0 Å². The highest BCUT2D eigenvalue weighted by Gasteiger charge is 2.36. The molecule has 14 N–H and O–H groups in total. The van der Waals surface area contributed by atoms with Crippen molar-refractivity contribution in [1.82, 2.24) is 52.5 Å². The molecule has 7 rings (SSSR count). The summed E-state index contributed by atoms with van der Waals surface area (Å²) >= 11 is 0. The fourth-order valence-corrected chi connectivity index (χ4v) is 9.90. The summed E-state index contributed by atoms with van der Waals surface area (Å²) in [4.78, 5) is 133. The van der Waals surface area contributed by atoms with Gasteiger partial charge in [0.05, 0.1) is 6.10 Å². The van der Waals surface area contributed by atoms with Gasteiger partial charge in [-0.1, -0.05) is 97.1 Å². The maximum atomic E-state index is 15.1. The number of rotatable bonds is 14. The van der Waals surface area contributed by atoms with Crippen LogP contribution in [0.1, 0.15) is 80.5 Å². The topological polar surface area (TPSA) is 348 Å². The summed E-state index contributed by atoms with van der Waals surface area (Å²) in [5.41, 5.74) is 9.94. The van der Waals surface area contributed by atoms with E-state index < -0.39 is 102 Å². The van der Waals surface area contributed by atoms with Crippen LogP contribution in [0.15, 0.2) is 122 Å². The maximum absolute atomic E-state index is 15.1. The van der Waals surface area contributed by atoms with Gasteiger partial charge < -0.3 is 68.4 Å². The molecule has 22 heteroatoms. The molecule has 82 heavy (non-hydrogen) atoms. The minimum absolute atomic E-state index is 0.0122. The third kappa shape index (κ3) is 17.6. The van der Waals surface area contributed by atoms with Crippen LogP contribution in [0.3, 0.4) is 0 Å². The van der Waals surface area contributed by atoms with Crippen molar-refractivity contribution >= 4 is 75.0 Å². The van der Waals surface area contributed by atoms with Gasteiger partial charge in [0.25, 0.3) is 0 Å². The lowest BCUT2D eigenvalue weighted by Crippen LogP contribution is -2.62. The summed E-state index contributed by atoms with van der Waals surface area (Å²) in [6, 6.07) is 22.2. The van der Waals surface area contributed by atoms with Crippen molar-refractivity contribution in [3.63, 3.8) is 0 Å². The van der Waals surface area contributed by atoms with Crippen LogP contribution < -0.4 is 48.3 Å². The van der Waals surface area contributed by atoms with Crippen LogP contribution in [-0.4, -0.2) is 135 Å². The van der Waals surface area contributed by atoms with E-state index in [9.17, 15) is 48.6 Å². The second-order valence-corrected chi connectivity index (χ2v) is 20.6. The zero-order valence-electron chi connectivity index (χ0n) is 45.7. The van der Waals surface area contributed by atoms with E-state index in [-0.39, 0.29) is 77.3 Å². The smallest absolute Gasteiger partial charge is 0.326 e. The first-order valence-corrected chi connectivity index (χ1v) is 27.7. The molecule has 1 fully saturated rings. The Hall–Kier alpha value is -8.89. The van der Waals surface area contributed by atoms with Crippen LogP contribution in [-0.2, 0) is 68.8 Å². The van der Waals surface area contributed by atoms with E-state index in [1.807, 2.05) is 48.5 Å². The number of carboxylic acid groups (broad SMARTS) is 1. The molecular formula is C60H73N11O11. The highest BCUT2D eigenvalue weighted by Crippen LogP contribution is 2.22. The molecule has 0 radical (unpaired) electrons. The Morgan fingerprint density at radius 3 is 1.50 bits per heavy atom. The van der Waals surface area contributed by atoms with Crippen molar-refractivity contribution < 1.29 is 53.4 Å². The minimum atomic E-state index is -1.72. The molecule has 3 heterocycles. The number of aliphatic hydroxyl groups excluding tert-OH is 1. The normalized spacial score (nSPS) is 22.4. The molecule has 0 spiro atoms. The summed E-state index contributed by atoms with van der Waals surface area (Å²) in [7, 11) is 0. The number of nitrogens with one attached hydrogen (secondary N) is 10. The van der Waals surface area contributed by atoms with Gasteiger partial charge >= 0.3 is 5.97 Å². The van der Waals surface area contributed by atoms with E-state index in [0.29, 0.717) is 35.1 Å². The van der Waals surface area contributed by atoms with Gasteiger partial charge in [0.1, 0.15) is 42.3 Å². The van der Waals surface area contributed by atoms with E-state index >= 15 is 4.79 Å². The standard InChI is InChI=1S/C60H73N11O11/c1-36(72)53-59(80)70-48(31-38-18-6-3-7-19-38)56(77)67-46(60(81)82)25-14-26-51(73)62-29-15-27-52(74)65-47(30-37-16-4-2-5-17-37)55(76)68-50(33-40-35-64-44-23-11-9-21-42(40)44)58(79)69-49(32-39-34-63-43-22-10-8-20-41(39)43)57(78)66-45(54(75)71-53)24-12-13-28-61/h2-11,16-23,34-36,45-50,53,63-64,72H,12-15,24-33,61H2,1H3,(H,62,73)(H,65,74)(H,66,78)(H,67,77)(H,68,76)(H,69,79)(H,70,80)(H,71,75)(H,81,82)/t36-,45+,46?,47+,48+,49-,50+,53+/m1/s1. The molecular weight excluding hydrogens is 1050 g/mol. The summed E-state index contributed by atoms with van der Waals surface area (Å²) in [6.45, 7) is 1.54. The third-order valence-corrected chi connectivity index (χ3v) is 14.4. The quantitative estimate of drug-likeness (QED) is 0.0697. The van der Waals surface area contributed by atoms with Gasteiger partial charge in [-0.15, -0.1) is 0 Å². The maximum Gasteiger partial charge on any atom is 0.326 e. The van der Waals surface area contributed by atoms with Crippen LogP contribution in [0, 0.1) is 0 Å². The second kappa shape index (κ2) is 30.1. The predicted molar refractivity (Wildman–Crippen MR) is 306 cm³/mol. The second-order valence-electron chi connectivity index (χ2n) is 20.6. The lowest BCUT2D eigenvalue weighted by molar-refractivity contribution is -0.142. The number of hydrogen-bond donors (Lipinski definition) is 13. The van der Waals surface area contributed by atoms with Crippen LogP contribution >= 0.6 is 0 Å². The monoisotopic (exact) mass is 1120 g/mol. The number of carbonyl (C=O) groups excluding carboxylic acids is 8. The fourth-order valence-electron chi connectivity index (χ4n) is 9.90. The average molecular weight is 1120 g/mol. The Bertz CT molecular complexity index is 3170. The Morgan fingerprint density at radius 1 is 0.524 bits per heavy atom. The summed E-state index contributed by atoms with van der Waals surface area (Å²) in [5, 5.41) is 44.5. The van der Waals surface area contributed by atoms with Gasteiger partial charge in [-0.3, -0.25) is 38.4 Å². The molecule has 22 nitrogen and oxygen atoms in total. The molecule has 0 bridgehead atoms. The highest BCUT2D eigenvalue weighted by molar-refractivity contribution is 5.98. The van der Waals surface area contributed by atoms with E-state index in [4.69, 9.17) is 5.73 Å². The van der Waals surface area contributed by atoms with Gasteiger partial charge in [0, 0.05) is 79.3 Å². The number of benzene rings is 4. The number of aliphatic hydroxyl groups is 1. The number of unbranched alkanes of at least 4 members (excludes halogenated alkanes) is 1. The number of carboxylic acids is 1. The van der Waals surface area contributed by atoms with Crippen LogP contribution in [0.5, 0.6) is 0 Å². The lowest BCUT2D eigenvalue weighted by atomic mass is 10.00. The molecule has 434 valence electrons. The number of H-pyrrole nitrogens is 2. The Kier molecular flexibility index (Phi) is 22.3. The number of fused-ring (bicyclic) bond motifs is 2. The van der Waals surface area contributed by atoms with Crippen molar-refractivity contribution in [3.8, 4) is 0 Å². The van der Waals surface area contributed by atoms with E-state index in [0.717, 1.165) is 21.8 Å². The van der Waals surface area contributed by atoms with Gasteiger partial charge in [-0.05, 0) is 86.4 Å². The minimum Gasteiger partial charge on any atom is -0.480 e. The molecule has 6 aromatic rings. The molecule has 8 amide bonds. The zero-order valence-corrected chi connectivity index (χ0v) is 45.7. The molecule has 1 aliphatic rings. The molecule has 1 aliphatic heterocycles.